The van der Waals surface area contributed by atoms with Crippen molar-refractivity contribution in [1.82, 2.24) is 0 Å². The smallest absolute Gasteiger partial charge is 0.306 e. The molecule has 1 atom stereocenters. The van der Waals surface area contributed by atoms with E-state index in [1.54, 1.807) is 0 Å². The van der Waals surface area contributed by atoms with E-state index in [0.29, 0.717) is 19.6 Å². The molecule has 0 spiro atoms. The summed E-state index contributed by atoms with van der Waals surface area (Å²) in [7, 11) is 0. The van der Waals surface area contributed by atoms with Crippen LogP contribution in [0.15, 0.2) is 0 Å². The molecule has 1 unspecified atom stereocenters. The van der Waals surface area contributed by atoms with E-state index in [2.05, 4.69) is 13.8 Å². The fourth-order valence-electron chi connectivity index (χ4n) is 7.74. The van der Waals surface area contributed by atoms with Crippen LogP contribution in [0.4, 0.5) is 0 Å². The first kappa shape index (κ1) is 52.4. The lowest BCUT2D eigenvalue weighted by atomic mass is 10.0. The van der Waals surface area contributed by atoms with Crippen molar-refractivity contribution in [2.75, 3.05) is 19.8 Å². The van der Waals surface area contributed by atoms with Crippen molar-refractivity contribution >= 4 is 5.97 Å². The number of carbonyl (C=O) groups excluding carboxylic acids is 1. The lowest BCUT2D eigenvalue weighted by Gasteiger charge is -2.16. The van der Waals surface area contributed by atoms with Crippen molar-refractivity contribution in [3.63, 3.8) is 0 Å². The zero-order valence-electron chi connectivity index (χ0n) is 36.6. The third kappa shape index (κ3) is 45.7. The molecule has 318 valence electrons. The van der Waals surface area contributed by atoms with Crippen LogP contribution in [0.1, 0.15) is 284 Å². The maximum Gasteiger partial charge on any atom is 0.306 e. The Morgan fingerprint density at radius 1 is 0.377 bits per heavy atom. The molecular weight excluding hydrogens is 653 g/mol. The maximum atomic E-state index is 12.2. The van der Waals surface area contributed by atoms with E-state index in [1.165, 1.54) is 244 Å². The molecule has 0 aromatic heterocycles. The Morgan fingerprint density at radius 2 is 0.623 bits per heavy atom. The van der Waals surface area contributed by atoms with Gasteiger partial charge in [0.25, 0.3) is 0 Å². The number of hydrogen-bond donors (Lipinski definition) is 1. The van der Waals surface area contributed by atoms with Gasteiger partial charge in [-0.15, -0.1) is 0 Å². The van der Waals surface area contributed by atoms with E-state index in [-0.39, 0.29) is 12.6 Å². The molecule has 0 aliphatic rings. The molecule has 0 bridgehead atoms. The Labute approximate surface area is 333 Å². The minimum atomic E-state index is -0.525. The first-order valence-corrected chi connectivity index (χ1v) is 24.6. The van der Waals surface area contributed by atoms with E-state index < -0.39 is 6.10 Å². The zero-order valence-corrected chi connectivity index (χ0v) is 36.6. The monoisotopic (exact) mass is 751 g/mol. The fourth-order valence-corrected chi connectivity index (χ4v) is 7.74. The summed E-state index contributed by atoms with van der Waals surface area (Å²) in [5, 5.41) is 9.63. The second kappa shape index (κ2) is 47.5. The molecule has 0 rings (SSSR count). The minimum absolute atomic E-state index is 0.163. The number of ether oxygens (including phenoxy) is 2. The molecule has 0 aromatic carbocycles. The number of aliphatic hydroxyl groups is 1. The summed E-state index contributed by atoms with van der Waals surface area (Å²) in [5.74, 6) is -0.192. The van der Waals surface area contributed by atoms with Crippen LogP contribution in [0.25, 0.3) is 0 Å². The van der Waals surface area contributed by atoms with Crippen molar-refractivity contribution in [2.24, 2.45) is 0 Å². The normalized spacial score (nSPS) is 12.1. The lowest BCUT2D eigenvalue weighted by molar-refractivity contribution is -0.154. The SMILES string of the molecule is CCCCCCCCCCCCCCCCCCCCCCCCCCCOCC(CO)OC(=O)CCCCCCCCCCCCCCCCCC. The minimum Gasteiger partial charge on any atom is -0.457 e. The van der Waals surface area contributed by atoms with Crippen molar-refractivity contribution in [3.8, 4) is 0 Å². The Morgan fingerprint density at radius 3 is 0.887 bits per heavy atom. The van der Waals surface area contributed by atoms with E-state index in [1.807, 2.05) is 0 Å². The highest BCUT2D eigenvalue weighted by Crippen LogP contribution is 2.17. The lowest BCUT2D eigenvalue weighted by Crippen LogP contribution is -2.27. The summed E-state index contributed by atoms with van der Waals surface area (Å²) >= 11 is 0. The predicted molar refractivity (Wildman–Crippen MR) is 233 cm³/mol. The van der Waals surface area contributed by atoms with Crippen LogP contribution in [-0.4, -0.2) is 37.0 Å². The molecule has 0 radical (unpaired) electrons. The second-order valence-corrected chi connectivity index (χ2v) is 16.9. The highest BCUT2D eigenvalue weighted by atomic mass is 16.6. The number of esters is 1. The Kier molecular flexibility index (Phi) is 47.0. The average Bonchev–Trinajstić information content (AvgIpc) is 3.16. The van der Waals surface area contributed by atoms with Gasteiger partial charge in [-0.2, -0.15) is 0 Å². The molecule has 1 N–H and O–H groups in total. The van der Waals surface area contributed by atoms with Gasteiger partial charge in [0.15, 0.2) is 0 Å². The van der Waals surface area contributed by atoms with Crippen molar-refractivity contribution in [1.29, 1.82) is 0 Å². The molecule has 0 saturated heterocycles. The highest BCUT2D eigenvalue weighted by molar-refractivity contribution is 5.69. The largest absolute Gasteiger partial charge is 0.457 e. The van der Waals surface area contributed by atoms with E-state index in [0.717, 1.165) is 19.3 Å². The number of rotatable bonds is 47. The van der Waals surface area contributed by atoms with Crippen molar-refractivity contribution < 1.29 is 19.4 Å². The first-order valence-electron chi connectivity index (χ1n) is 24.6. The Bertz CT molecular complexity index is 667. The van der Waals surface area contributed by atoms with Crippen LogP contribution in [-0.2, 0) is 14.3 Å². The molecule has 0 heterocycles. The van der Waals surface area contributed by atoms with Crippen molar-refractivity contribution in [3.05, 3.63) is 0 Å². The van der Waals surface area contributed by atoms with E-state index >= 15 is 0 Å². The summed E-state index contributed by atoms with van der Waals surface area (Å²) in [5.41, 5.74) is 0. The van der Waals surface area contributed by atoms with Crippen LogP contribution in [0, 0.1) is 0 Å². The summed E-state index contributed by atoms with van der Waals surface area (Å²) in [6.45, 7) is 5.41. The molecule has 4 nitrogen and oxygen atoms in total. The molecule has 0 amide bonds. The Balaban J connectivity index is 3.31. The molecule has 4 heteroatoms. The molecule has 0 aliphatic heterocycles. The van der Waals surface area contributed by atoms with Crippen molar-refractivity contribution in [2.45, 2.75) is 290 Å². The van der Waals surface area contributed by atoms with Gasteiger partial charge in [-0.3, -0.25) is 4.79 Å². The van der Waals surface area contributed by atoms with Gasteiger partial charge in [-0.05, 0) is 12.8 Å². The molecule has 0 fully saturated rings. The van der Waals surface area contributed by atoms with Crippen LogP contribution in [0.5, 0.6) is 0 Å². The van der Waals surface area contributed by atoms with E-state index in [4.69, 9.17) is 9.47 Å². The standard InChI is InChI=1S/C49H98O4/c1-3-5-7-9-11-13-15-17-19-21-22-23-24-25-26-27-28-29-31-33-35-37-39-41-43-45-52-47-48(46-50)53-49(51)44-42-40-38-36-34-32-30-20-18-16-14-12-10-8-6-4-2/h48,50H,3-47H2,1-2H3. The molecule has 53 heavy (non-hydrogen) atoms. The second-order valence-electron chi connectivity index (χ2n) is 16.9. The summed E-state index contributed by atoms with van der Waals surface area (Å²) in [4.78, 5) is 12.2. The number of carbonyl (C=O) groups is 1. The molecular formula is C49H98O4. The van der Waals surface area contributed by atoms with Crippen LogP contribution in [0.3, 0.4) is 0 Å². The summed E-state index contributed by atoms with van der Waals surface area (Å²) in [6.07, 6.45) is 56.2. The molecule has 0 aliphatic carbocycles. The van der Waals surface area contributed by atoms with Gasteiger partial charge in [0.05, 0.1) is 13.2 Å². The average molecular weight is 751 g/mol. The van der Waals surface area contributed by atoms with Gasteiger partial charge in [0, 0.05) is 13.0 Å². The van der Waals surface area contributed by atoms with Gasteiger partial charge < -0.3 is 14.6 Å². The fraction of sp³-hybridized carbons (Fsp3) is 0.980. The van der Waals surface area contributed by atoms with Gasteiger partial charge in [-0.1, -0.05) is 264 Å². The van der Waals surface area contributed by atoms with Crippen LogP contribution >= 0.6 is 0 Å². The quantitative estimate of drug-likeness (QED) is 0.0497. The van der Waals surface area contributed by atoms with E-state index in [9.17, 15) is 9.90 Å². The van der Waals surface area contributed by atoms with Crippen LogP contribution < -0.4 is 0 Å². The van der Waals surface area contributed by atoms with Gasteiger partial charge >= 0.3 is 5.97 Å². The van der Waals surface area contributed by atoms with Gasteiger partial charge in [0.2, 0.25) is 0 Å². The molecule has 0 aromatic rings. The third-order valence-electron chi connectivity index (χ3n) is 11.4. The van der Waals surface area contributed by atoms with Crippen LogP contribution in [0.2, 0.25) is 0 Å². The summed E-state index contributed by atoms with van der Waals surface area (Å²) < 4.78 is 11.2. The number of hydrogen-bond acceptors (Lipinski definition) is 4. The highest BCUT2D eigenvalue weighted by Gasteiger charge is 2.13. The maximum absolute atomic E-state index is 12.2. The predicted octanol–water partition coefficient (Wildman–Crippen LogP) is 16.3. The third-order valence-corrected chi connectivity index (χ3v) is 11.4. The summed E-state index contributed by atoms with van der Waals surface area (Å²) in [6, 6.07) is 0. The number of aliphatic hydroxyl groups excluding tert-OH is 1. The zero-order chi connectivity index (χ0) is 38.4. The van der Waals surface area contributed by atoms with Gasteiger partial charge in [0.1, 0.15) is 6.10 Å². The van der Waals surface area contributed by atoms with Gasteiger partial charge in [-0.25, -0.2) is 0 Å². The first-order chi connectivity index (χ1) is 26.2. The topological polar surface area (TPSA) is 55.8 Å². The Hall–Kier alpha value is -0.610. The number of unbranched alkanes of at least 4 members (excludes halogenated alkanes) is 39. The molecule has 0 saturated carbocycles.